The smallest absolute Gasteiger partial charge is 0.327 e. The highest BCUT2D eigenvalue weighted by Gasteiger charge is 2.25. The number of esters is 2. The molecule has 0 unspecified atom stereocenters. The van der Waals surface area contributed by atoms with Gasteiger partial charge in [-0.05, 0) is 25.3 Å². The van der Waals surface area contributed by atoms with E-state index >= 15 is 0 Å². The first-order valence-electron chi connectivity index (χ1n) is 5.20. The summed E-state index contributed by atoms with van der Waals surface area (Å²) in [6.07, 6.45) is 5.05. The van der Waals surface area contributed by atoms with E-state index in [4.69, 9.17) is 0 Å². The van der Waals surface area contributed by atoms with Crippen molar-refractivity contribution in [2.24, 2.45) is 5.92 Å². The zero-order valence-electron chi connectivity index (χ0n) is 8.20. The van der Waals surface area contributed by atoms with Crippen molar-refractivity contribution in [1.82, 2.24) is 4.90 Å². The molecule has 0 atom stereocenters. The molecule has 1 aliphatic heterocycles. The third kappa shape index (κ3) is 2.80. The van der Waals surface area contributed by atoms with Gasteiger partial charge in [0.15, 0.2) is 0 Å². The lowest BCUT2D eigenvalue weighted by atomic mass is 10.2. The summed E-state index contributed by atoms with van der Waals surface area (Å²) in [7, 11) is 0. The standard InChI is InChI=1S/C10H15NO3/c12-9-6-11(7-10(13)14-9)5-1-2-8-3-4-8/h8H,1-7H2. The van der Waals surface area contributed by atoms with E-state index in [2.05, 4.69) is 4.74 Å². The maximum atomic E-state index is 10.9. The lowest BCUT2D eigenvalue weighted by Gasteiger charge is -2.23. The normalized spacial score (nSPS) is 23.7. The molecule has 78 valence electrons. The van der Waals surface area contributed by atoms with Gasteiger partial charge in [0.25, 0.3) is 0 Å². The van der Waals surface area contributed by atoms with E-state index < -0.39 is 11.9 Å². The second-order valence-corrected chi connectivity index (χ2v) is 4.14. The summed E-state index contributed by atoms with van der Waals surface area (Å²) in [6, 6.07) is 0. The molecule has 2 rings (SSSR count). The number of morpholine rings is 1. The Morgan fingerprint density at radius 2 is 1.86 bits per heavy atom. The predicted molar refractivity (Wildman–Crippen MR) is 49.5 cm³/mol. The van der Waals surface area contributed by atoms with Crippen LogP contribution < -0.4 is 0 Å². The summed E-state index contributed by atoms with van der Waals surface area (Å²) in [4.78, 5) is 23.7. The number of hydrogen-bond donors (Lipinski definition) is 0. The molecule has 0 amide bonds. The molecule has 0 aromatic heterocycles. The quantitative estimate of drug-likeness (QED) is 0.488. The number of ether oxygens (including phenoxy) is 1. The van der Waals surface area contributed by atoms with Gasteiger partial charge in [-0.15, -0.1) is 0 Å². The molecule has 2 aliphatic rings. The van der Waals surface area contributed by atoms with Crippen molar-refractivity contribution < 1.29 is 14.3 Å². The number of carbonyl (C=O) groups excluding carboxylic acids is 2. The predicted octanol–water partition coefficient (Wildman–Crippen LogP) is 0.562. The minimum absolute atomic E-state index is 0.274. The Morgan fingerprint density at radius 1 is 1.21 bits per heavy atom. The average Bonchev–Trinajstić information content (AvgIpc) is 2.86. The van der Waals surface area contributed by atoms with E-state index in [0.29, 0.717) is 0 Å². The zero-order valence-corrected chi connectivity index (χ0v) is 8.20. The number of nitrogens with zero attached hydrogens (tertiary/aromatic N) is 1. The summed E-state index contributed by atoms with van der Waals surface area (Å²) in [5.41, 5.74) is 0. The lowest BCUT2D eigenvalue weighted by molar-refractivity contribution is -0.166. The van der Waals surface area contributed by atoms with Gasteiger partial charge in [0.1, 0.15) is 0 Å². The molecular weight excluding hydrogens is 182 g/mol. The van der Waals surface area contributed by atoms with Gasteiger partial charge in [0, 0.05) is 0 Å². The minimum atomic E-state index is -0.410. The largest absolute Gasteiger partial charge is 0.391 e. The Morgan fingerprint density at radius 3 is 2.43 bits per heavy atom. The Hall–Kier alpha value is -0.900. The van der Waals surface area contributed by atoms with E-state index in [-0.39, 0.29) is 13.1 Å². The van der Waals surface area contributed by atoms with Crippen molar-refractivity contribution in [3.63, 3.8) is 0 Å². The monoisotopic (exact) mass is 197 g/mol. The van der Waals surface area contributed by atoms with Crippen LogP contribution in [0.1, 0.15) is 25.7 Å². The Balaban J connectivity index is 1.67. The minimum Gasteiger partial charge on any atom is -0.391 e. The van der Waals surface area contributed by atoms with Gasteiger partial charge >= 0.3 is 11.9 Å². The van der Waals surface area contributed by atoms with E-state index in [9.17, 15) is 9.59 Å². The lowest BCUT2D eigenvalue weighted by Crippen LogP contribution is -2.43. The fraction of sp³-hybridized carbons (Fsp3) is 0.800. The zero-order chi connectivity index (χ0) is 9.97. The van der Waals surface area contributed by atoms with Crippen molar-refractivity contribution in [3.05, 3.63) is 0 Å². The maximum absolute atomic E-state index is 10.9. The molecule has 1 aliphatic carbocycles. The Kier molecular flexibility index (Phi) is 2.82. The van der Waals surface area contributed by atoms with Gasteiger partial charge in [-0.2, -0.15) is 0 Å². The van der Waals surface area contributed by atoms with E-state index in [1.54, 1.807) is 0 Å². The van der Waals surface area contributed by atoms with Gasteiger partial charge in [0.05, 0.1) is 13.1 Å². The highest BCUT2D eigenvalue weighted by molar-refractivity contribution is 5.90. The van der Waals surface area contributed by atoms with Gasteiger partial charge in [-0.3, -0.25) is 14.5 Å². The third-order valence-corrected chi connectivity index (χ3v) is 2.72. The summed E-state index contributed by atoms with van der Waals surface area (Å²) in [5.74, 6) is 0.0998. The Bertz CT molecular complexity index is 232. The molecule has 4 heteroatoms. The summed E-state index contributed by atoms with van der Waals surface area (Å²) in [6.45, 7) is 1.39. The fourth-order valence-corrected chi connectivity index (χ4v) is 1.78. The van der Waals surface area contributed by atoms with Gasteiger partial charge < -0.3 is 4.74 Å². The van der Waals surface area contributed by atoms with Crippen LogP contribution in [-0.4, -0.2) is 36.5 Å². The third-order valence-electron chi connectivity index (χ3n) is 2.72. The molecule has 0 aromatic carbocycles. The average molecular weight is 197 g/mol. The first-order chi connectivity index (χ1) is 6.74. The van der Waals surface area contributed by atoms with Crippen LogP contribution in [0.2, 0.25) is 0 Å². The second-order valence-electron chi connectivity index (χ2n) is 4.14. The van der Waals surface area contributed by atoms with Crippen LogP contribution in [0, 0.1) is 5.92 Å². The maximum Gasteiger partial charge on any atom is 0.327 e. The van der Waals surface area contributed by atoms with Crippen LogP contribution in [-0.2, 0) is 14.3 Å². The van der Waals surface area contributed by atoms with Gasteiger partial charge in [-0.1, -0.05) is 12.8 Å². The molecular formula is C10H15NO3. The molecule has 0 bridgehead atoms. The van der Waals surface area contributed by atoms with Crippen molar-refractivity contribution in [2.75, 3.05) is 19.6 Å². The fourth-order valence-electron chi connectivity index (χ4n) is 1.78. The summed E-state index contributed by atoms with van der Waals surface area (Å²) >= 11 is 0. The van der Waals surface area contributed by atoms with Crippen molar-refractivity contribution in [3.8, 4) is 0 Å². The van der Waals surface area contributed by atoms with Crippen LogP contribution in [0.3, 0.4) is 0 Å². The molecule has 0 aromatic rings. The number of rotatable bonds is 4. The first kappa shape index (κ1) is 9.65. The summed E-state index contributed by atoms with van der Waals surface area (Å²) < 4.78 is 4.44. The van der Waals surface area contributed by atoms with Crippen LogP contribution in [0.15, 0.2) is 0 Å². The van der Waals surface area contributed by atoms with E-state index in [0.717, 1.165) is 18.9 Å². The highest BCUT2D eigenvalue weighted by atomic mass is 16.6. The van der Waals surface area contributed by atoms with Crippen LogP contribution in [0.25, 0.3) is 0 Å². The van der Waals surface area contributed by atoms with Crippen molar-refractivity contribution in [2.45, 2.75) is 25.7 Å². The first-order valence-corrected chi connectivity index (χ1v) is 5.20. The molecule has 14 heavy (non-hydrogen) atoms. The highest BCUT2D eigenvalue weighted by Crippen LogP contribution is 2.33. The molecule has 0 N–H and O–H groups in total. The molecule has 0 spiro atoms. The number of hydrogen-bond acceptors (Lipinski definition) is 4. The van der Waals surface area contributed by atoms with Crippen LogP contribution in [0.4, 0.5) is 0 Å². The van der Waals surface area contributed by atoms with Crippen LogP contribution in [0.5, 0.6) is 0 Å². The SMILES string of the molecule is O=C1CN(CCCC2CC2)CC(=O)O1. The second kappa shape index (κ2) is 4.09. The van der Waals surface area contributed by atoms with Gasteiger partial charge in [-0.25, -0.2) is 0 Å². The summed E-state index contributed by atoms with van der Waals surface area (Å²) in [5, 5.41) is 0. The molecule has 0 radical (unpaired) electrons. The molecule has 1 heterocycles. The molecule has 1 saturated carbocycles. The molecule has 4 nitrogen and oxygen atoms in total. The van der Waals surface area contributed by atoms with Crippen LogP contribution >= 0.6 is 0 Å². The topological polar surface area (TPSA) is 46.6 Å². The molecule has 2 fully saturated rings. The van der Waals surface area contributed by atoms with Crippen molar-refractivity contribution in [1.29, 1.82) is 0 Å². The van der Waals surface area contributed by atoms with E-state index in [1.165, 1.54) is 19.3 Å². The molecule has 1 saturated heterocycles. The van der Waals surface area contributed by atoms with Gasteiger partial charge in [0.2, 0.25) is 0 Å². The Labute approximate surface area is 83.2 Å². The number of carbonyl (C=O) groups is 2. The van der Waals surface area contributed by atoms with Crippen molar-refractivity contribution >= 4 is 11.9 Å². The van der Waals surface area contributed by atoms with E-state index in [1.807, 2.05) is 4.90 Å². The number of cyclic esters (lactones) is 2.